The predicted octanol–water partition coefficient (Wildman–Crippen LogP) is 2.21. The predicted molar refractivity (Wildman–Crippen MR) is 76.7 cm³/mol. The molecule has 0 aliphatic carbocycles. The molecule has 0 saturated carbocycles. The molecule has 6 nitrogen and oxygen atoms in total. The Bertz CT molecular complexity index is 662. The fourth-order valence-electron chi connectivity index (χ4n) is 1.99. The van der Waals surface area contributed by atoms with Gasteiger partial charge in [0.05, 0.1) is 23.0 Å². The molecule has 2 rings (SSSR count). The first kappa shape index (κ1) is 14.9. The Morgan fingerprint density at radius 1 is 1.43 bits per heavy atom. The molecule has 1 aromatic carbocycles. The minimum atomic E-state index is -0.388. The molecule has 0 amide bonds. The number of aldehydes is 1. The Hall–Kier alpha value is -2.50. The first-order chi connectivity index (χ1) is 10.1. The molecule has 0 bridgehead atoms. The molecule has 0 unspecified atom stereocenters. The molecule has 0 aliphatic rings. The van der Waals surface area contributed by atoms with Crippen LogP contribution in [0.5, 0.6) is 0 Å². The van der Waals surface area contributed by atoms with E-state index in [4.69, 9.17) is 4.74 Å². The zero-order chi connectivity index (χ0) is 15.4. The van der Waals surface area contributed by atoms with Crippen LogP contribution in [0.15, 0.2) is 24.3 Å². The lowest BCUT2D eigenvalue weighted by Gasteiger charge is -2.09. The standard InChI is InChI=1S/C15H17N3O3/c1-4-14-13(9-19)16-17-18(14)12-7-5-6-11(8-12)15(20)21-10(2)3/h5-10H,4H2,1-3H3. The van der Waals surface area contributed by atoms with Crippen molar-refractivity contribution in [3.63, 3.8) is 0 Å². The number of nitrogens with zero attached hydrogens (tertiary/aromatic N) is 3. The van der Waals surface area contributed by atoms with Crippen LogP contribution in [0.4, 0.5) is 0 Å². The van der Waals surface area contributed by atoms with Gasteiger partial charge in [-0.3, -0.25) is 4.79 Å². The van der Waals surface area contributed by atoms with Crippen molar-refractivity contribution in [1.29, 1.82) is 0 Å². The lowest BCUT2D eigenvalue weighted by atomic mass is 10.2. The van der Waals surface area contributed by atoms with Crippen molar-refractivity contribution in [2.24, 2.45) is 0 Å². The third-order valence-electron chi connectivity index (χ3n) is 2.91. The lowest BCUT2D eigenvalue weighted by Crippen LogP contribution is -2.12. The fraction of sp³-hybridized carbons (Fsp3) is 0.333. The lowest BCUT2D eigenvalue weighted by molar-refractivity contribution is 0.0378. The quantitative estimate of drug-likeness (QED) is 0.622. The van der Waals surface area contributed by atoms with Crippen molar-refractivity contribution < 1.29 is 14.3 Å². The van der Waals surface area contributed by atoms with Gasteiger partial charge in [-0.15, -0.1) is 5.10 Å². The van der Waals surface area contributed by atoms with Gasteiger partial charge in [0.25, 0.3) is 0 Å². The Kier molecular flexibility index (Phi) is 4.47. The van der Waals surface area contributed by atoms with Gasteiger partial charge < -0.3 is 4.74 Å². The van der Waals surface area contributed by atoms with E-state index < -0.39 is 0 Å². The molecule has 21 heavy (non-hydrogen) atoms. The third kappa shape index (κ3) is 3.16. The molecule has 6 heteroatoms. The van der Waals surface area contributed by atoms with E-state index in [9.17, 15) is 9.59 Å². The van der Waals surface area contributed by atoms with Gasteiger partial charge in [0.15, 0.2) is 6.29 Å². The van der Waals surface area contributed by atoms with Gasteiger partial charge >= 0.3 is 5.97 Å². The summed E-state index contributed by atoms with van der Waals surface area (Å²) in [4.78, 5) is 22.9. The second kappa shape index (κ2) is 6.30. The van der Waals surface area contributed by atoms with Crippen LogP contribution in [-0.4, -0.2) is 33.4 Å². The zero-order valence-corrected chi connectivity index (χ0v) is 12.2. The minimum Gasteiger partial charge on any atom is -0.459 e. The van der Waals surface area contributed by atoms with Crippen molar-refractivity contribution in [3.05, 3.63) is 41.2 Å². The maximum atomic E-state index is 11.9. The zero-order valence-electron chi connectivity index (χ0n) is 12.2. The van der Waals surface area contributed by atoms with E-state index in [-0.39, 0.29) is 12.1 Å². The fourth-order valence-corrected chi connectivity index (χ4v) is 1.99. The van der Waals surface area contributed by atoms with Crippen molar-refractivity contribution in [2.75, 3.05) is 0 Å². The first-order valence-electron chi connectivity index (χ1n) is 6.78. The monoisotopic (exact) mass is 287 g/mol. The molecule has 0 radical (unpaired) electrons. The van der Waals surface area contributed by atoms with E-state index in [1.165, 1.54) is 0 Å². The van der Waals surface area contributed by atoms with Crippen LogP contribution in [0.3, 0.4) is 0 Å². The molecular weight excluding hydrogens is 270 g/mol. The van der Waals surface area contributed by atoms with Crippen LogP contribution in [0.2, 0.25) is 0 Å². The summed E-state index contributed by atoms with van der Waals surface area (Å²) in [7, 11) is 0. The van der Waals surface area contributed by atoms with Crippen molar-refractivity contribution in [1.82, 2.24) is 15.0 Å². The molecule has 0 aliphatic heterocycles. The van der Waals surface area contributed by atoms with E-state index in [0.717, 1.165) is 0 Å². The molecule has 0 spiro atoms. The summed E-state index contributed by atoms with van der Waals surface area (Å²) < 4.78 is 6.74. The van der Waals surface area contributed by atoms with Crippen molar-refractivity contribution in [3.8, 4) is 5.69 Å². The summed E-state index contributed by atoms with van der Waals surface area (Å²) in [5, 5.41) is 7.81. The summed E-state index contributed by atoms with van der Waals surface area (Å²) >= 11 is 0. The van der Waals surface area contributed by atoms with E-state index in [1.807, 2.05) is 6.92 Å². The average molecular weight is 287 g/mol. The van der Waals surface area contributed by atoms with E-state index in [1.54, 1.807) is 42.8 Å². The molecule has 0 saturated heterocycles. The summed E-state index contributed by atoms with van der Waals surface area (Å²) in [5.41, 5.74) is 2.13. The minimum absolute atomic E-state index is 0.180. The number of carbonyl (C=O) groups excluding carboxylic acids is 2. The number of benzene rings is 1. The maximum absolute atomic E-state index is 11.9. The molecule has 0 fully saturated rings. The van der Waals surface area contributed by atoms with Crippen molar-refractivity contribution >= 4 is 12.3 Å². The summed E-state index contributed by atoms with van der Waals surface area (Å²) in [6.07, 6.45) is 1.11. The number of ether oxygens (including phenoxy) is 1. The van der Waals surface area contributed by atoms with Gasteiger partial charge in [0, 0.05) is 0 Å². The highest BCUT2D eigenvalue weighted by atomic mass is 16.5. The molecule has 0 atom stereocenters. The Balaban J connectivity index is 2.40. The molecule has 1 heterocycles. The van der Waals surface area contributed by atoms with Gasteiger partial charge in [-0.25, -0.2) is 9.48 Å². The summed E-state index contributed by atoms with van der Waals surface area (Å²) in [6, 6.07) is 6.90. The van der Waals surface area contributed by atoms with E-state index in [0.29, 0.717) is 35.3 Å². The third-order valence-corrected chi connectivity index (χ3v) is 2.91. The van der Waals surface area contributed by atoms with Crippen LogP contribution in [0.25, 0.3) is 5.69 Å². The number of esters is 1. The highest BCUT2D eigenvalue weighted by Gasteiger charge is 2.14. The molecule has 110 valence electrons. The first-order valence-corrected chi connectivity index (χ1v) is 6.78. The summed E-state index contributed by atoms with van der Waals surface area (Å²) in [5.74, 6) is -0.388. The van der Waals surface area contributed by atoms with Gasteiger partial charge in [0.1, 0.15) is 5.69 Å². The van der Waals surface area contributed by atoms with Gasteiger partial charge in [-0.1, -0.05) is 18.2 Å². The van der Waals surface area contributed by atoms with Gasteiger partial charge in [0.2, 0.25) is 0 Å². The maximum Gasteiger partial charge on any atom is 0.338 e. The number of hydrogen-bond acceptors (Lipinski definition) is 5. The smallest absolute Gasteiger partial charge is 0.338 e. The average Bonchev–Trinajstić information content (AvgIpc) is 2.89. The van der Waals surface area contributed by atoms with Crippen LogP contribution in [-0.2, 0) is 11.2 Å². The largest absolute Gasteiger partial charge is 0.459 e. The van der Waals surface area contributed by atoms with Crippen LogP contribution >= 0.6 is 0 Å². The Morgan fingerprint density at radius 2 is 2.19 bits per heavy atom. The van der Waals surface area contributed by atoms with Crippen LogP contribution < -0.4 is 0 Å². The number of rotatable bonds is 5. The van der Waals surface area contributed by atoms with Gasteiger partial charge in [-0.2, -0.15) is 0 Å². The molecule has 1 aromatic heterocycles. The Morgan fingerprint density at radius 3 is 2.81 bits per heavy atom. The normalized spacial score (nSPS) is 10.7. The SMILES string of the molecule is CCc1c(C=O)nnn1-c1cccc(C(=O)OC(C)C)c1. The Labute approximate surface area is 122 Å². The highest BCUT2D eigenvalue weighted by Crippen LogP contribution is 2.15. The van der Waals surface area contributed by atoms with E-state index in [2.05, 4.69) is 10.3 Å². The van der Waals surface area contributed by atoms with Gasteiger partial charge in [-0.05, 0) is 38.5 Å². The van der Waals surface area contributed by atoms with E-state index >= 15 is 0 Å². The molecule has 2 aromatic rings. The van der Waals surface area contributed by atoms with Crippen LogP contribution in [0, 0.1) is 0 Å². The van der Waals surface area contributed by atoms with Crippen molar-refractivity contribution in [2.45, 2.75) is 33.3 Å². The molecule has 0 N–H and O–H groups in total. The second-order valence-corrected chi connectivity index (χ2v) is 4.81. The molecular formula is C15H17N3O3. The summed E-state index contributed by atoms with van der Waals surface area (Å²) in [6.45, 7) is 5.51. The second-order valence-electron chi connectivity index (χ2n) is 4.81. The number of carbonyl (C=O) groups is 2. The number of aromatic nitrogens is 3. The highest BCUT2D eigenvalue weighted by molar-refractivity contribution is 5.90. The topological polar surface area (TPSA) is 74.1 Å². The number of hydrogen-bond donors (Lipinski definition) is 0. The van der Waals surface area contributed by atoms with Crippen LogP contribution in [0.1, 0.15) is 47.3 Å².